The topological polar surface area (TPSA) is 48.0 Å². The highest BCUT2D eigenvalue weighted by molar-refractivity contribution is 6.07. The summed E-state index contributed by atoms with van der Waals surface area (Å²) in [5.74, 6) is -0.303. The number of hydrogen-bond acceptors (Lipinski definition) is 1. The minimum absolute atomic E-state index is 0.303. The van der Waals surface area contributed by atoms with Crippen LogP contribution in [0.3, 0.4) is 0 Å². The highest BCUT2D eigenvalue weighted by atomic mass is 16.1. The average molecular weight is 272 g/mol. The van der Waals surface area contributed by atoms with Crippen molar-refractivity contribution in [2.75, 3.05) is 0 Å². The van der Waals surface area contributed by atoms with Crippen LogP contribution in [0.5, 0.6) is 0 Å². The molecule has 1 heterocycles. The molecule has 2 aromatic rings. The summed E-state index contributed by atoms with van der Waals surface area (Å²) >= 11 is 0. The van der Waals surface area contributed by atoms with E-state index in [0.717, 1.165) is 60.8 Å². The van der Waals surface area contributed by atoms with Crippen LogP contribution in [0, 0.1) is 0 Å². The maximum atomic E-state index is 11.9. The number of carbonyl (C=O) groups excluding carboxylic acids is 1. The lowest BCUT2D eigenvalue weighted by Crippen LogP contribution is -2.15. The van der Waals surface area contributed by atoms with E-state index in [0.29, 0.717) is 0 Å². The van der Waals surface area contributed by atoms with Gasteiger partial charge in [0.2, 0.25) is 0 Å². The Balaban J connectivity index is 2.61. The number of nitrogens with two attached hydrogens (primary N) is 1. The number of benzene rings is 1. The number of amides is 1. The number of rotatable bonds is 7. The van der Waals surface area contributed by atoms with E-state index in [-0.39, 0.29) is 5.91 Å². The number of aryl methyl sites for hydroxylation is 1. The van der Waals surface area contributed by atoms with Crippen molar-refractivity contribution in [2.24, 2.45) is 5.73 Å². The molecule has 0 radical (unpaired) electrons. The first-order chi connectivity index (χ1) is 9.70. The van der Waals surface area contributed by atoms with Crippen molar-refractivity contribution in [3.63, 3.8) is 0 Å². The predicted molar refractivity (Wildman–Crippen MR) is 84.0 cm³/mol. The molecule has 0 saturated carbocycles. The second kappa shape index (κ2) is 6.60. The van der Waals surface area contributed by atoms with Crippen molar-refractivity contribution in [1.82, 2.24) is 4.57 Å². The molecule has 1 amide bonds. The first-order valence-electron chi connectivity index (χ1n) is 7.60. The van der Waals surface area contributed by atoms with Gasteiger partial charge in [0, 0.05) is 23.1 Å². The molecule has 20 heavy (non-hydrogen) atoms. The van der Waals surface area contributed by atoms with Crippen molar-refractivity contribution >= 4 is 16.8 Å². The smallest absolute Gasteiger partial charge is 0.251 e. The fraction of sp³-hybridized carbons (Fsp3) is 0.471. The second-order valence-corrected chi connectivity index (χ2v) is 5.31. The molecular formula is C17H24N2O. The van der Waals surface area contributed by atoms with E-state index in [1.165, 1.54) is 0 Å². The van der Waals surface area contributed by atoms with Crippen LogP contribution in [-0.2, 0) is 13.0 Å². The molecular weight excluding hydrogens is 248 g/mol. The standard InChI is InChI=1S/C17H24N2O/c1-3-5-10-15-16(17(18)20)13-9-7-8-11-14(13)19(15)12-6-4-2/h7-9,11H,3-6,10,12H2,1-2H3,(H2,18,20). The van der Waals surface area contributed by atoms with Gasteiger partial charge in [0.1, 0.15) is 0 Å². The third-order valence-corrected chi connectivity index (χ3v) is 3.83. The van der Waals surface area contributed by atoms with Gasteiger partial charge in [-0.05, 0) is 25.3 Å². The van der Waals surface area contributed by atoms with E-state index in [1.807, 2.05) is 18.2 Å². The first-order valence-corrected chi connectivity index (χ1v) is 7.60. The fourth-order valence-corrected chi connectivity index (χ4v) is 2.81. The van der Waals surface area contributed by atoms with Crippen molar-refractivity contribution in [2.45, 2.75) is 52.5 Å². The van der Waals surface area contributed by atoms with E-state index in [4.69, 9.17) is 5.73 Å². The van der Waals surface area contributed by atoms with Crippen molar-refractivity contribution in [3.05, 3.63) is 35.5 Å². The summed E-state index contributed by atoms with van der Waals surface area (Å²) in [6.07, 6.45) is 5.39. The zero-order chi connectivity index (χ0) is 14.5. The summed E-state index contributed by atoms with van der Waals surface area (Å²) in [4.78, 5) is 11.9. The molecule has 3 nitrogen and oxygen atoms in total. The molecule has 0 aliphatic carbocycles. The van der Waals surface area contributed by atoms with Gasteiger partial charge in [0.05, 0.1) is 5.56 Å². The van der Waals surface area contributed by atoms with Gasteiger partial charge in [-0.1, -0.05) is 44.9 Å². The maximum Gasteiger partial charge on any atom is 0.251 e. The molecule has 3 heteroatoms. The van der Waals surface area contributed by atoms with Gasteiger partial charge in [-0.2, -0.15) is 0 Å². The van der Waals surface area contributed by atoms with Crippen LogP contribution < -0.4 is 5.73 Å². The molecule has 0 unspecified atom stereocenters. The van der Waals surface area contributed by atoms with Gasteiger partial charge in [-0.3, -0.25) is 4.79 Å². The molecule has 2 rings (SSSR count). The zero-order valence-corrected chi connectivity index (χ0v) is 12.5. The van der Waals surface area contributed by atoms with Crippen LogP contribution in [0.15, 0.2) is 24.3 Å². The quantitative estimate of drug-likeness (QED) is 0.817. The van der Waals surface area contributed by atoms with Gasteiger partial charge in [0.15, 0.2) is 0 Å². The Kier molecular flexibility index (Phi) is 4.83. The molecule has 0 aliphatic heterocycles. The highest BCUT2D eigenvalue weighted by Gasteiger charge is 2.19. The van der Waals surface area contributed by atoms with Gasteiger partial charge >= 0.3 is 0 Å². The Morgan fingerprint density at radius 2 is 1.85 bits per heavy atom. The summed E-state index contributed by atoms with van der Waals surface area (Å²) in [5, 5.41) is 1.00. The SMILES string of the molecule is CCCCc1c(C(N)=O)c2ccccc2n1CCCC. The number of primary amides is 1. The summed E-state index contributed by atoms with van der Waals surface area (Å²) in [7, 11) is 0. The Hall–Kier alpha value is -1.77. The largest absolute Gasteiger partial charge is 0.366 e. The van der Waals surface area contributed by atoms with Crippen LogP contribution >= 0.6 is 0 Å². The van der Waals surface area contributed by atoms with Crippen LogP contribution in [-0.4, -0.2) is 10.5 Å². The fourth-order valence-electron chi connectivity index (χ4n) is 2.81. The number of carbonyl (C=O) groups is 1. The number of unbranched alkanes of at least 4 members (excludes halogenated alkanes) is 2. The monoisotopic (exact) mass is 272 g/mol. The van der Waals surface area contributed by atoms with Crippen LogP contribution in [0.1, 0.15) is 55.6 Å². The third-order valence-electron chi connectivity index (χ3n) is 3.83. The highest BCUT2D eigenvalue weighted by Crippen LogP contribution is 2.27. The molecule has 0 aliphatic rings. The molecule has 0 bridgehead atoms. The lowest BCUT2D eigenvalue weighted by molar-refractivity contribution is 0.100. The molecule has 108 valence electrons. The van der Waals surface area contributed by atoms with Crippen molar-refractivity contribution in [1.29, 1.82) is 0 Å². The lowest BCUT2D eigenvalue weighted by atomic mass is 10.1. The number of aromatic nitrogens is 1. The van der Waals surface area contributed by atoms with Crippen molar-refractivity contribution in [3.8, 4) is 0 Å². The predicted octanol–water partition coefficient (Wildman–Crippen LogP) is 3.88. The van der Waals surface area contributed by atoms with E-state index in [9.17, 15) is 4.79 Å². The van der Waals surface area contributed by atoms with Gasteiger partial charge in [-0.15, -0.1) is 0 Å². The molecule has 0 saturated heterocycles. The van der Waals surface area contributed by atoms with Crippen molar-refractivity contribution < 1.29 is 4.79 Å². The van der Waals surface area contributed by atoms with Gasteiger partial charge in [0.25, 0.3) is 5.91 Å². The molecule has 0 fully saturated rings. The lowest BCUT2D eigenvalue weighted by Gasteiger charge is -2.11. The molecule has 1 aromatic carbocycles. The average Bonchev–Trinajstić information content (AvgIpc) is 2.76. The number of fused-ring (bicyclic) bond motifs is 1. The minimum atomic E-state index is -0.303. The molecule has 1 aromatic heterocycles. The first kappa shape index (κ1) is 14.6. The minimum Gasteiger partial charge on any atom is -0.366 e. The van der Waals surface area contributed by atoms with E-state index in [2.05, 4.69) is 24.5 Å². The number of nitrogens with zero attached hydrogens (tertiary/aromatic N) is 1. The summed E-state index contributed by atoms with van der Waals surface area (Å²) in [6.45, 7) is 5.32. The third kappa shape index (κ3) is 2.72. The molecule has 0 atom stereocenters. The van der Waals surface area contributed by atoms with E-state index < -0.39 is 0 Å². The normalized spacial score (nSPS) is 11.1. The summed E-state index contributed by atoms with van der Waals surface area (Å²) in [6, 6.07) is 8.10. The van der Waals surface area contributed by atoms with Gasteiger partial charge < -0.3 is 10.3 Å². The number of para-hydroxylation sites is 1. The van der Waals surface area contributed by atoms with E-state index >= 15 is 0 Å². The van der Waals surface area contributed by atoms with Crippen LogP contribution in [0.25, 0.3) is 10.9 Å². The molecule has 2 N–H and O–H groups in total. The Bertz CT molecular complexity index is 598. The van der Waals surface area contributed by atoms with Crippen LogP contribution in [0.4, 0.5) is 0 Å². The summed E-state index contributed by atoms with van der Waals surface area (Å²) < 4.78 is 2.30. The van der Waals surface area contributed by atoms with Crippen LogP contribution in [0.2, 0.25) is 0 Å². The Morgan fingerprint density at radius 1 is 1.15 bits per heavy atom. The summed E-state index contributed by atoms with van der Waals surface area (Å²) in [5.41, 5.74) is 8.63. The Labute approximate surface area is 120 Å². The zero-order valence-electron chi connectivity index (χ0n) is 12.5. The van der Waals surface area contributed by atoms with E-state index in [1.54, 1.807) is 0 Å². The maximum absolute atomic E-state index is 11.9. The second-order valence-electron chi connectivity index (χ2n) is 5.31. The Morgan fingerprint density at radius 3 is 2.50 bits per heavy atom. The van der Waals surface area contributed by atoms with Gasteiger partial charge in [-0.25, -0.2) is 0 Å². The molecule has 0 spiro atoms. The number of hydrogen-bond donors (Lipinski definition) is 1.